The maximum absolute atomic E-state index is 12.9. The van der Waals surface area contributed by atoms with Crippen LogP contribution in [0.5, 0.6) is 0 Å². The minimum absolute atomic E-state index is 0.354. The largest absolute Gasteiger partial charge is 0.384 e. The Labute approximate surface area is 89.6 Å². The van der Waals surface area contributed by atoms with Gasteiger partial charge in [-0.2, -0.15) is 11.3 Å². The van der Waals surface area contributed by atoms with E-state index >= 15 is 0 Å². The van der Waals surface area contributed by atoms with Gasteiger partial charge in [0.15, 0.2) is 11.6 Å². The molecule has 1 aromatic carbocycles. The summed E-state index contributed by atoms with van der Waals surface area (Å²) in [6.07, 6.45) is -0.897. The molecule has 0 fully saturated rings. The van der Waals surface area contributed by atoms with Gasteiger partial charge in [-0.15, -0.1) is 0 Å². The molecule has 0 spiro atoms. The van der Waals surface area contributed by atoms with E-state index in [1.54, 1.807) is 11.4 Å². The fraction of sp³-hybridized carbons (Fsp3) is 0.0909. The molecular weight excluding hydrogens is 218 g/mol. The molecular formula is C11H8F2OS. The molecule has 1 heterocycles. The predicted molar refractivity (Wildman–Crippen MR) is 54.7 cm³/mol. The SMILES string of the molecule is O[C@@H](c1ccsc1)c1ccc(F)c(F)c1. The average molecular weight is 226 g/mol. The van der Waals surface area contributed by atoms with Crippen LogP contribution in [0.1, 0.15) is 17.2 Å². The van der Waals surface area contributed by atoms with Gasteiger partial charge in [0.25, 0.3) is 0 Å². The van der Waals surface area contributed by atoms with Crippen LogP contribution in [0.15, 0.2) is 35.0 Å². The Morgan fingerprint density at radius 1 is 1.07 bits per heavy atom. The first-order valence-corrected chi connectivity index (χ1v) is 5.28. The van der Waals surface area contributed by atoms with Crippen LogP contribution in [-0.4, -0.2) is 5.11 Å². The first-order chi connectivity index (χ1) is 7.18. The van der Waals surface area contributed by atoms with E-state index in [9.17, 15) is 13.9 Å². The molecule has 1 N–H and O–H groups in total. The van der Waals surface area contributed by atoms with Crippen LogP contribution in [0.4, 0.5) is 8.78 Å². The van der Waals surface area contributed by atoms with Crippen molar-refractivity contribution < 1.29 is 13.9 Å². The fourth-order valence-corrected chi connectivity index (χ4v) is 1.98. The quantitative estimate of drug-likeness (QED) is 0.834. The van der Waals surface area contributed by atoms with Gasteiger partial charge >= 0.3 is 0 Å². The first-order valence-electron chi connectivity index (χ1n) is 4.33. The highest BCUT2D eigenvalue weighted by Gasteiger charge is 2.12. The number of aliphatic hydroxyl groups is 1. The minimum Gasteiger partial charge on any atom is -0.384 e. The zero-order valence-electron chi connectivity index (χ0n) is 7.65. The second kappa shape index (κ2) is 4.08. The van der Waals surface area contributed by atoms with E-state index in [1.807, 2.05) is 5.38 Å². The van der Waals surface area contributed by atoms with Crippen LogP contribution in [-0.2, 0) is 0 Å². The van der Waals surface area contributed by atoms with Crippen molar-refractivity contribution in [2.45, 2.75) is 6.10 Å². The van der Waals surface area contributed by atoms with Gasteiger partial charge in [-0.25, -0.2) is 8.78 Å². The topological polar surface area (TPSA) is 20.2 Å². The van der Waals surface area contributed by atoms with Crippen LogP contribution >= 0.6 is 11.3 Å². The molecule has 2 rings (SSSR count). The molecule has 2 aromatic rings. The summed E-state index contributed by atoms with van der Waals surface area (Å²) in [4.78, 5) is 0. The molecule has 15 heavy (non-hydrogen) atoms. The molecule has 0 unspecified atom stereocenters. The molecule has 0 bridgehead atoms. The second-order valence-electron chi connectivity index (χ2n) is 3.13. The maximum atomic E-state index is 12.9. The molecule has 4 heteroatoms. The summed E-state index contributed by atoms with van der Waals surface area (Å²) < 4.78 is 25.5. The summed E-state index contributed by atoms with van der Waals surface area (Å²) in [5, 5.41) is 13.4. The van der Waals surface area contributed by atoms with Crippen LogP contribution in [0.3, 0.4) is 0 Å². The highest BCUT2D eigenvalue weighted by Crippen LogP contribution is 2.24. The summed E-state index contributed by atoms with van der Waals surface area (Å²) in [5.41, 5.74) is 1.04. The fourth-order valence-electron chi connectivity index (χ4n) is 1.31. The Hall–Kier alpha value is -1.26. The molecule has 0 aliphatic rings. The zero-order chi connectivity index (χ0) is 10.8. The van der Waals surface area contributed by atoms with Crippen molar-refractivity contribution in [2.24, 2.45) is 0 Å². The van der Waals surface area contributed by atoms with Crippen molar-refractivity contribution in [3.63, 3.8) is 0 Å². The lowest BCUT2D eigenvalue weighted by Crippen LogP contribution is -1.99. The summed E-state index contributed by atoms with van der Waals surface area (Å²) in [5.74, 6) is -1.85. The summed E-state index contributed by atoms with van der Waals surface area (Å²) in [7, 11) is 0. The minimum atomic E-state index is -0.943. The Morgan fingerprint density at radius 3 is 2.47 bits per heavy atom. The lowest BCUT2D eigenvalue weighted by molar-refractivity contribution is 0.220. The lowest BCUT2D eigenvalue weighted by Gasteiger charge is -2.09. The van der Waals surface area contributed by atoms with E-state index in [1.165, 1.54) is 17.4 Å². The number of thiophene rings is 1. The average Bonchev–Trinajstić information content (AvgIpc) is 2.74. The highest BCUT2D eigenvalue weighted by atomic mass is 32.1. The van der Waals surface area contributed by atoms with Crippen LogP contribution in [0, 0.1) is 11.6 Å². The standard InChI is InChI=1S/C11H8F2OS/c12-9-2-1-7(5-10(9)13)11(14)8-3-4-15-6-8/h1-6,11,14H/t11-/m1/s1. The second-order valence-corrected chi connectivity index (χ2v) is 3.91. The molecule has 0 amide bonds. The van der Waals surface area contributed by atoms with E-state index in [0.29, 0.717) is 11.1 Å². The van der Waals surface area contributed by atoms with Gasteiger partial charge in [0.1, 0.15) is 6.10 Å². The summed E-state index contributed by atoms with van der Waals surface area (Å²) in [6.45, 7) is 0. The third-order valence-electron chi connectivity index (χ3n) is 2.12. The number of hydrogen-bond donors (Lipinski definition) is 1. The highest BCUT2D eigenvalue weighted by molar-refractivity contribution is 7.07. The number of benzene rings is 1. The van der Waals surface area contributed by atoms with E-state index in [2.05, 4.69) is 0 Å². The molecule has 0 saturated heterocycles. The maximum Gasteiger partial charge on any atom is 0.159 e. The molecule has 0 saturated carbocycles. The lowest BCUT2D eigenvalue weighted by atomic mass is 10.0. The van der Waals surface area contributed by atoms with Crippen molar-refractivity contribution in [1.82, 2.24) is 0 Å². The van der Waals surface area contributed by atoms with Gasteiger partial charge in [0.05, 0.1) is 0 Å². The molecule has 0 aliphatic heterocycles. The number of hydrogen-bond acceptors (Lipinski definition) is 2. The molecule has 0 radical (unpaired) electrons. The van der Waals surface area contributed by atoms with Gasteiger partial charge in [0.2, 0.25) is 0 Å². The Kier molecular flexibility index (Phi) is 2.79. The third kappa shape index (κ3) is 2.06. The smallest absolute Gasteiger partial charge is 0.159 e. The van der Waals surface area contributed by atoms with E-state index in [4.69, 9.17) is 0 Å². The monoisotopic (exact) mass is 226 g/mol. The van der Waals surface area contributed by atoms with Crippen LogP contribution < -0.4 is 0 Å². The van der Waals surface area contributed by atoms with Crippen LogP contribution in [0.25, 0.3) is 0 Å². The first kappa shape index (κ1) is 10.3. The summed E-state index contributed by atoms with van der Waals surface area (Å²) >= 11 is 1.44. The summed E-state index contributed by atoms with van der Waals surface area (Å²) in [6, 6.07) is 5.15. The number of rotatable bonds is 2. The number of aliphatic hydroxyl groups excluding tert-OH is 1. The molecule has 1 nitrogen and oxygen atoms in total. The van der Waals surface area contributed by atoms with Crippen molar-refractivity contribution in [3.8, 4) is 0 Å². The molecule has 1 aromatic heterocycles. The third-order valence-corrected chi connectivity index (χ3v) is 2.82. The Morgan fingerprint density at radius 2 is 1.87 bits per heavy atom. The van der Waals surface area contributed by atoms with Crippen molar-refractivity contribution in [2.75, 3.05) is 0 Å². The van der Waals surface area contributed by atoms with Gasteiger partial charge in [0, 0.05) is 0 Å². The van der Waals surface area contributed by atoms with Crippen LogP contribution in [0.2, 0.25) is 0 Å². The normalized spacial score (nSPS) is 12.7. The van der Waals surface area contributed by atoms with E-state index in [-0.39, 0.29) is 0 Å². The van der Waals surface area contributed by atoms with Gasteiger partial charge in [-0.05, 0) is 40.1 Å². The van der Waals surface area contributed by atoms with Crippen molar-refractivity contribution in [3.05, 3.63) is 57.8 Å². The zero-order valence-corrected chi connectivity index (χ0v) is 8.47. The van der Waals surface area contributed by atoms with Crippen molar-refractivity contribution >= 4 is 11.3 Å². The predicted octanol–water partition coefficient (Wildman–Crippen LogP) is 3.11. The van der Waals surface area contributed by atoms with Crippen molar-refractivity contribution in [1.29, 1.82) is 0 Å². The molecule has 1 atom stereocenters. The molecule has 0 aliphatic carbocycles. The molecule has 78 valence electrons. The van der Waals surface area contributed by atoms with E-state index in [0.717, 1.165) is 12.1 Å². The number of halogens is 2. The van der Waals surface area contributed by atoms with Gasteiger partial charge < -0.3 is 5.11 Å². The van der Waals surface area contributed by atoms with Gasteiger partial charge in [-0.1, -0.05) is 6.07 Å². The Balaban J connectivity index is 2.34. The van der Waals surface area contributed by atoms with E-state index < -0.39 is 17.7 Å². The van der Waals surface area contributed by atoms with Gasteiger partial charge in [-0.3, -0.25) is 0 Å². The Bertz CT molecular complexity index is 454.